The number of aromatic hydroxyl groups is 1. The van der Waals surface area contributed by atoms with Gasteiger partial charge < -0.3 is 15.3 Å². The predicted octanol–water partition coefficient (Wildman–Crippen LogP) is 3.53. The largest absolute Gasteiger partial charge is 0.508 e. The number of benzene rings is 1. The summed E-state index contributed by atoms with van der Waals surface area (Å²) in [5.74, 6) is -3.49. The fraction of sp³-hybridized carbons (Fsp3) is 0.480. The van der Waals surface area contributed by atoms with Crippen molar-refractivity contribution in [3.05, 3.63) is 51.3 Å². The fourth-order valence-electron chi connectivity index (χ4n) is 5.68. The zero-order valence-electron chi connectivity index (χ0n) is 18.1. The van der Waals surface area contributed by atoms with E-state index in [4.69, 9.17) is 0 Å². The van der Waals surface area contributed by atoms with Crippen LogP contribution in [0, 0.1) is 11.8 Å². The SMILES string of the molecule is CCC(=O)C1=C(CC)CC2CC3Cc4c(CC)ccc(O)c4C(=O)C3=C(O)C2(O)C1=O. The molecule has 3 aliphatic rings. The van der Waals surface area contributed by atoms with Crippen LogP contribution in [0.15, 0.2) is 34.6 Å². The molecule has 1 aromatic carbocycles. The van der Waals surface area contributed by atoms with Gasteiger partial charge in [0.2, 0.25) is 5.78 Å². The molecule has 0 fully saturated rings. The standard InChI is InChI=1S/C25H28O6/c1-4-12-7-8-18(27)21-16(12)11-14-10-15-9-13(5-2)19(17(26)6-3)23(29)25(15,31)24(30)20(14)22(21)28/h7-8,14-15,27,30-31H,4-6,9-11H2,1-3H3. The Bertz CT molecular complexity index is 1080. The highest BCUT2D eigenvalue weighted by Crippen LogP contribution is 2.52. The summed E-state index contributed by atoms with van der Waals surface area (Å²) in [5, 5.41) is 33.0. The van der Waals surface area contributed by atoms with E-state index in [0.29, 0.717) is 37.7 Å². The van der Waals surface area contributed by atoms with Gasteiger partial charge in [0.25, 0.3) is 0 Å². The van der Waals surface area contributed by atoms with Crippen LogP contribution in [0.5, 0.6) is 5.75 Å². The highest BCUT2D eigenvalue weighted by molar-refractivity contribution is 6.25. The maximum absolute atomic E-state index is 13.4. The van der Waals surface area contributed by atoms with Gasteiger partial charge in [-0.2, -0.15) is 0 Å². The maximum atomic E-state index is 13.4. The Balaban J connectivity index is 1.90. The highest BCUT2D eigenvalue weighted by Gasteiger charge is 2.59. The minimum absolute atomic E-state index is 0.00796. The number of aryl methyl sites for hydroxylation is 1. The lowest BCUT2D eigenvalue weighted by atomic mass is 9.58. The van der Waals surface area contributed by atoms with Crippen molar-refractivity contribution in [1.29, 1.82) is 0 Å². The monoisotopic (exact) mass is 424 g/mol. The molecular formula is C25H28O6. The molecule has 3 N–H and O–H groups in total. The van der Waals surface area contributed by atoms with Crippen molar-refractivity contribution in [2.75, 3.05) is 0 Å². The summed E-state index contributed by atoms with van der Waals surface area (Å²) >= 11 is 0. The number of rotatable bonds is 4. The van der Waals surface area contributed by atoms with Gasteiger partial charge in [-0.05, 0) is 55.2 Å². The number of Topliss-reactive ketones (excluding diaryl/α,β-unsaturated/α-hetero) is 3. The Morgan fingerprint density at radius 2 is 1.81 bits per heavy atom. The summed E-state index contributed by atoms with van der Waals surface area (Å²) in [6.07, 6.45) is 2.45. The van der Waals surface area contributed by atoms with Crippen molar-refractivity contribution in [3.8, 4) is 5.75 Å². The third-order valence-electron chi connectivity index (χ3n) is 7.32. The molecule has 0 radical (unpaired) electrons. The number of fused-ring (bicyclic) bond motifs is 3. The first-order valence-electron chi connectivity index (χ1n) is 11.0. The van der Waals surface area contributed by atoms with Crippen LogP contribution in [0.4, 0.5) is 0 Å². The van der Waals surface area contributed by atoms with Crippen LogP contribution in [0.3, 0.4) is 0 Å². The third kappa shape index (κ3) is 2.84. The number of ketones is 3. The van der Waals surface area contributed by atoms with Crippen molar-refractivity contribution >= 4 is 17.3 Å². The van der Waals surface area contributed by atoms with Crippen LogP contribution >= 0.6 is 0 Å². The molecule has 0 saturated heterocycles. The summed E-state index contributed by atoms with van der Waals surface area (Å²) < 4.78 is 0. The minimum Gasteiger partial charge on any atom is -0.508 e. The summed E-state index contributed by atoms with van der Waals surface area (Å²) in [5.41, 5.74) is 0.255. The van der Waals surface area contributed by atoms with Crippen LogP contribution in [0.2, 0.25) is 0 Å². The zero-order valence-corrected chi connectivity index (χ0v) is 18.1. The molecule has 0 amide bonds. The molecule has 31 heavy (non-hydrogen) atoms. The number of carbonyl (C=O) groups excluding carboxylic acids is 3. The Morgan fingerprint density at radius 3 is 2.42 bits per heavy atom. The number of carbonyl (C=O) groups is 3. The number of aliphatic hydroxyl groups excluding tert-OH is 1. The van der Waals surface area contributed by atoms with Crippen LogP contribution in [0.25, 0.3) is 0 Å². The number of allylic oxidation sites excluding steroid dienone is 2. The van der Waals surface area contributed by atoms with Crippen LogP contribution < -0.4 is 0 Å². The Hall–Kier alpha value is -2.73. The van der Waals surface area contributed by atoms with Gasteiger partial charge in [-0.3, -0.25) is 14.4 Å². The molecule has 4 rings (SSSR count). The zero-order chi connectivity index (χ0) is 22.7. The molecule has 1 aromatic rings. The van der Waals surface area contributed by atoms with Gasteiger partial charge in [0, 0.05) is 17.9 Å². The molecule has 0 saturated carbocycles. The number of phenolic OH excluding ortho intramolecular Hbond substituents is 1. The minimum atomic E-state index is -2.28. The molecule has 3 atom stereocenters. The van der Waals surface area contributed by atoms with Gasteiger partial charge in [0.1, 0.15) is 11.5 Å². The van der Waals surface area contributed by atoms with Gasteiger partial charge in [-0.15, -0.1) is 0 Å². The van der Waals surface area contributed by atoms with Gasteiger partial charge >= 0.3 is 0 Å². The smallest absolute Gasteiger partial charge is 0.205 e. The lowest BCUT2D eigenvalue weighted by Crippen LogP contribution is -2.56. The average Bonchev–Trinajstić information content (AvgIpc) is 2.75. The van der Waals surface area contributed by atoms with E-state index in [1.807, 2.05) is 13.8 Å². The first-order chi connectivity index (χ1) is 14.7. The molecule has 164 valence electrons. The van der Waals surface area contributed by atoms with Gasteiger partial charge in [0.05, 0.1) is 11.1 Å². The predicted molar refractivity (Wildman–Crippen MR) is 114 cm³/mol. The molecule has 6 nitrogen and oxygen atoms in total. The summed E-state index contributed by atoms with van der Waals surface area (Å²) in [4.78, 5) is 39.3. The Labute approximate surface area is 181 Å². The van der Waals surface area contributed by atoms with Crippen LogP contribution in [-0.2, 0) is 22.4 Å². The molecule has 3 unspecified atom stereocenters. The first-order valence-corrected chi connectivity index (χ1v) is 11.0. The summed E-state index contributed by atoms with van der Waals surface area (Å²) in [6.45, 7) is 5.50. The van der Waals surface area contributed by atoms with Crippen molar-refractivity contribution in [2.45, 2.75) is 64.9 Å². The third-order valence-corrected chi connectivity index (χ3v) is 7.32. The first kappa shape index (κ1) is 21.5. The van der Waals surface area contributed by atoms with Gasteiger partial charge in [-0.25, -0.2) is 0 Å². The molecular weight excluding hydrogens is 396 g/mol. The van der Waals surface area contributed by atoms with E-state index < -0.39 is 28.8 Å². The number of aliphatic hydroxyl groups is 2. The summed E-state index contributed by atoms with van der Waals surface area (Å²) in [7, 11) is 0. The van der Waals surface area contributed by atoms with Crippen molar-refractivity contribution in [2.24, 2.45) is 11.8 Å². The maximum Gasteiger partial charge on any atom is 0.205 e. The highest BCUT2D eigenvalue weighted by atomic mass is 16.3. The van der Waals surface area contributed by atoms with E-state index in [1.54, 1.807) is 13.0 Å². The van der Waals surface area contributed by atoms with Crippen LogP contribution in [0.1, 0.15) is 67.9 Å². The van der Waals surface area contributed by atoms with Crippen molar-refractivity contribution < 1.29 is 29.7 Å². The normalized spacial score (nSPS) is 27.7. The Morgan fingerprint density at radius 1 is 1.10 bits per heavy atom. The number of hydrogen-bond acceptors (Lipinski definition) is 6. The topological polar surface area (TPSA) is 112 Å². The van der Waals surface area contributed by atoms with E-state index in [2.05, 4.69) is 0 Å². The van der Waals surface area contributed by atoms with Gasteiger partial charge in [0.15, 0.2) is 17.2 Å². The Kier molecular flexibility index (Phi) is 5.16. The van der Waals surface area contributed by atoms with E-state index in [-0.39, 0.29) is 40.6 Å². The second-order valence-corrected chi connectivity index (χ2v) is 8.78. The van der Waals surface area contributed by atoms with Crippen molar-refractivity contribution in [1.82, 2.24) is 0 Å². The fourth-order valence-corrected chi connectivity index (χ4v) is 5.68. The lowest BCUT2D eigenvalue weighted by Gasteiger charge is -2.46. The molecule has 0 spiro atoms. The van der Waals surface area contributed by atoms with E-state index in [9.17, 15) is 29.7 Å². The van der Waals surface area contributed by atoms with E-state index in [1.165, 1.54) is 6.07 Å². The summed E-state index contributed by atoms with van der Waals surface area (Å²) in [6, 6.07) is 3.27. The second kappa shape index (κ2) is 7.45. The molecule has 0 aliphatic heterocycles. The van der Waals surface area contributed by atoms with E-state index >= 15 is 0 Å². The molecule has 3 aliphatic carbocycles. The average molecular weight is 424 g/mol. The molecule has 0 aromatic heterocycles. The number of phenols is 1. The number of hydrogen-bond donors (Lipinski definition) is 3. The lowest BCUT2D eigenvalue weighted by molar-refractivity contribution is -0.143. The second-order valence-electron chi connectivity index (χ2n) is 8.78. The quantitative estimate of drug-likeness (QED) is 0.638. The molecule has 6 heteroatoms. The molecule has 0 heterocycles. The van der Waals surface area contributed by atoms with Crippen molar-refractivity contribution in [3.63, 3.8) is 0 Å². The van der Waals surface area contributed by atoms with Gasteiger partial charge in [-0.1, -0.05) is 32.4 Å². The van der Waals surface area contributed by atoms with Crippen LogP contribution in [-0.4, -0.2) is 38.3 Å². The molecule has 0 bridgehead atoms. The van der Waals surface area contributed by atoms with E-state index in [0.717, 1.165) is 11.1 Å².